The van der Waals surface area contributed by atoms with Gasteiger partial charge in [-0.15, -0.1) is 0 Å². The number of aromatic amines is 1. The topological polar surface area (TPSA) is 123 Å². The van der Waals surface area contributed by atoms with Crippen LogP contribution < -0.4 is 11.2 Å². The number of nitrogens with one attached hydrogen (secondary N) is 1. The number of carbonyl (C=O) groups is 1. The monoisotopic (exact) mass is 492 g/mol. The van der Waals surface area contributed by atoms with E-state index in [-0.39, 0.29) is 34.3 Å². The van der Waals surface area contributed by atoms with Gasteiger partial charge in [-0.2, -0.15) is 13.2 Å². The Bertz CT molecular complexity index is 1780. The molecule has 9 nitrogen and oxygen atoms in total. The smallest absolute Gasteiger partial charge is 0.300 e. The summed E-state index contributed by atoms with van der Waals surface area (Å²) in [7, 11) is 0. The largest absolute Gasteiger partial charge is 0.416 e. The van der Waals surface area contributed by atoms with Gasteiger partial charge in [0.2, 0.25) is 0 Å². The molecule has 0 aliphatic heterocycles. The van der Waals surface area contributed by atoms with Crippen molar-refractivity contribution in [3.63, 3.8) is 0 Å². The van der Waals surface area contributed by atoms with Crippen LogP contribution in [0, 0.1) is 0 Å². The van der Waals surface area contributed by atoms with E-state index in [2.05, 4.69) is 24.9 Å². The second kappa shape index (κ2) is 8.48. The number of fused-ring (bicyclic) bond motifs is 3. The molecule has 0 radical (unpaired) electrons. The van der Waals surface area contributed by atoms with E-state index in [0.29, 0.717) is 22.6 Å². The molecule has 0 fully saturated rings. The predicted molar refractivity (Wildman–Crippen MR) is 124 cm³/mol. The Morgan fingerprint density at radius 2 is 1.78 bits per heavy atom. The van der Waals surface area contributed by atoms with Gasteiger partial charge in [0, 0.05) is 24.2 Å². The standard InChI is InChI=1S/C24H15F3N6O3/c1-12(34)7-19-29-9-13(10-30-19)17-5-6-18-20(31-17)21-16(11-28-18)22(35)32-23(36)33(21)15-4-2-3-14(8-15)24(25,26)27/h2-6,8-11H,7H2,1H3,(H,32,35,36). The molecular formula is C24H15F3N6O3. The van der Waals surface area contributed by atoms with Crippen LogP contribution >= 0.6 is 0 Å². The lowest BCUT2D eigenvalue weighted by Gasteiger charge is -2.14. The normalized spacial score (nSPS) is 11.8. The van der Waals surface area contributed by atoms with Gasteiger partial charge in [-0.3, -0.25) is 24.1 Å². The summed E-state index contributed by atoms with van der Waals surface area (Å²) in [6.45, 7) is 1.42. The maximum atomic E-state index is 13.4. The molecule has 1 N–H and O–H groups in total. The summed E-state index contributed by atoms with van der Waals surface area (Å²) in [4.78, 5) is 56.0. The van der Waals surface area contributed by atoms with E-state index < -0.39 is 23.0 Å². The van der Waals surface area contributed by atoms with E-state index in [9.17, 15) is 27.6 Å². The van der Waals surface area contributed by atoms with Crippen molar-refractivity contribution >= 4 is 27.7 Å². The van der Waals surface area contributed by atoms with Gasteiger partial charge in [0.15, 0.2) is 0 Å². The molecule has 0 bridgehead atoms. The highest BCUT2D eigenvalue weighted by molar-refractivity contribution is 6.01. The number of nitrogens with zero attached hydrogens (tertiary/aromatic N) is 5. The number of pyridine rings is 2. The van der Waals surface area contributed by atoms with Gasteiger partial charge >= 0.3 is 11.9 Å². The fourth-order valence-corrected chi connectivity index (χ4v) is 3.80. The zero-order valence-electron chi connectivity index (χ0n) is 18.5. The van der Waals surface area contributed by atoms with Gasteiger partial charge in [0.25, 0.3) is 5.56 Å². The summed E-state index contributed by atoms with van der Waals surface area (Å²) in [5.74, 6) is 0.242. The average Bonchev–Trinajstić information content (AvgIpc) is 2.83. The number of alkyl halides is 3. The third-order valence-electron chi connectivity index (χ3n) is 5.42. The zero-order valence-corrected chi connectivity index (χ0v) is 18.5. The fourth-order valence-electron chi connectivity index (χ4n) is 3.80. The number of hydrogen-bond donors (Lipinski definition) is 1. The molecule has 180 valence electrons. The molecular weight excluding hydrogens is 477 g/mol. The van der Waals surface area contributed by atoms with Gasteiger partial charge < -0.3 is 0 Å². The lowest BCUT2D eigenvalue weighted by molar-refractivity contribution is -0.137. The van der Waals surface area contributed by atoms with Crippen LogP contribution in [0.3, 0.4) is 0 Å². The van der Waals surface area contributed by atoms with E-state index in [1.54, 1.807) is 12.1 Å². The molecule has 5 aromatic rings. The minimum Gasteiger partial charge on any atom is -0.300 e. The van der Waals surface area contributed by atoms with E-state index in [0.717, 1.165) is 16.7 Å². The zero-order chi connectivity index (χ0) is 25.6. The number of carbonyl (C=O) groups excluding carboxylic acids is 1. The highest BCUT2D eigenvalue weighted by Gasteiger charge is 2.31. The van der Waals surface area contributed by atoms with Crippen LogP contribution in [0.15, 0.2) is 64.6 Å². The molecule has 1 aromatic carbocycles. The molecule has 4 aromatic heterocycles. The highest BCUT2D eigenvalue weighted by Crippen LogP contribution is 2.31. The lowest BCUT2D eigenvalue weighted by atomic mass is 10.1. The number of hydrogen-bond acceptors (Lipinski definition) is 7. The maximum absolute atomic E-state index is 13.4. The first-order valence-electron chi connectivity index (χ1n) is 10.5. The third kappa shape index (κ3) is 4.13. The first-order valence-corrected chi connectivity index (χ1v) is 10.5. The van der Waals surface area contributed by atoms with Crippen LogP contribution in [0.5, 0.6) is 0 Å². The number of aromatic nitrogens is 6. The Morgan fingerprint density at radius 1 is 1.03 bits per heavy atom. The number of halogens is 3. The molecule has 0 aliphatic rings. The molecule has 0 saturated heterocycles. The van der Waals surface area contributed by atoms with Gasteiger partial charge in [-0.05, 0) is 37.3 Å². The maximum Gasteiger partial charge on any atom is 0.416 e. The third-order valence-corrected chi connectivity index (χ3v) is 5.42. The van der Waals surface area contributed by atoms with Crippen molar-refractivity contribution < 1.29 is 18.0 Å². The van der Waals surface area contributed by atoms with Crippen molar-refractivity contribution in [2.45, 2.75) is 19.5 Å². The van der Waals surface area contributed by atoms with Crippen molar-refractivity contribution in [1.82, 2.24) is 29.5 Å². The van der Waals surface area contributed by atoms with Crippen LogP contribution in [-0.4, -0.2) is 35.3 Å². The summed E-state index contributed by atoms with van der Waals surface area (Å²) in [5, 5.41) is -0.0304. The molecule has 0 saturated carbocycles. The molecule has 12 heteroatoms. The Kier molecular flexibility index (Phi) is 5.43. The molecule has 36 heavy (non-hydrogen) atoms. The molecule has 4 heterocycles. The minimum atomic E-state index is -4.64. The molecule has 0 atom stereocenters. The number of ketones is 1. The Morgan fingerprint density at radius 3 is 2.47 bits per heavy atom. The van der Waals surface area contributed by atoms with Gasteiger partial charge in [-0.25, -0.2) is 19.7 Å². The summed E-state index contributed by atoms with van der Waals surface area (Å²) in [6.07, 6.45) is -0.371. The second-order valence-corrected chi connectivity index (χ2v) is 7.99. The van der Waals surface area contributed by atoms with Crippen molar-refractivity contribution in [3.05, 3.63) is 87.2 Å². The van der Waals surface area contributed by atoms with Crippen molar-refractivity contribution in [2.75, 3.05) is 0 Å². The van der Waals surface area contributed by atoms with Crippen LogP contribution in [0.25, 0.3) is 38.9 Å². The number of H-pyrrole nitrogens is 1. The predicted octanol–water partition coefficient (Wildman–Crippen LogP) is 3.23. The quantitative estimate of drug-likeness (QED) is 0.382. The first-order chi connectivity index (χ1) is 17.1. The first kappa shape index (κ1) is 23.0. The van der Waals surface area contributed by atoms with Crippen molar-refractivity contribution in [1.29, 1.82) is 0 Å². The van der Waals surface area contributed by atoms with E-state index in [4.69, 9.17) is 0 Å². The SMILES string of the molecule is CC(=O)Cc1ncc(-c2ccc3ncc4c(=O)[nH]c(=O)n(-c5cccc(C(F)(F)F)c5)c4c3n2)cn1. The van der Waals surface area contributed by atoms with E-state index in [1.165, 1.54) is 37.6 Å². The number of Topliss-reactive ketones (excluding diaryl/α,β-unsaturated/α-hetero) is 1. The summed E-state index contributed by atoms with van der Waals surface area (Å²) < 4.78 is 41.0. The summed E-state index contributed by atoms with van der Waals surface area (Å²) >= 11 is 0. The molecule has 0 amide bonds. The summed E-state index contributed by atoms with van der Waals surface area (Å²) in [6, 6.07) is 7.42. The number of rotatable bonds is 4. The van der Waals surface area contributed by atoms with Crippen LogP contribution in [0.2, 0.25) is 0 Å². The van der Waals surface area contributed by atoms with Gasteiger partial charge in [0.05, 0.1) is 39.8 Å². The average molecular weight is 492 g/mol. The highest BCUT2D eigenvalue weighted by atomic mass is 19.4. The molecule has 0 spiro atoms. The number of benzene rings is 1. The summed E-state index contributed by atoms with van der Waals surface area (Å²) in [5.41, 5.74) is -1.45. The lowest BCUT2D eigenvalue weighted by Crippen LogP contribution is -2.29. The van der Waals surface area contributed by atoms with Crippen molar-refractivity contribution in [3.8, 4) is 16.9 Å². The second-order valence-electron chi connectivity index (χ2n) is 7.99. The fraction of sp³-hybridized carbons (Fsp3) is 0.125. The van der Waals surface area contributed by atoms with Crippen LogP contribution in [0.4, 0.5) is 13.2 Å². The minimum absolute atomic E-state index is 0.00374. The molecule has 5 rings (SSSR count). The van der Waals surface area contributed by atoms with E-state index in [1.807, 2.05) is 0 Å². The van der Waals surface area contributed by atoms with Gasteiger partial charge in [-0.1, -0.05) is 6.07 Å². The van der Waals surface area contributed by atoms with Crippen LogP contribution in [0.1, 0.15) is 18.3 Å². The Balaban J connectivity index is 1.78. The van der Waals surface area contributed by atoms with Crippen LogP contribution in [-0.2, 0) is 17.4 Å². The Hall–Kier alpha value is -4.74. The Labute approximate surface area is 199 Å². The van der Waals surface area contributed by atoms with E-state index >= 15 is 0 Å². The molecule has 0 aliphatic carbocycles. The molecule has 0 unspecified atom stereocenters. The van der Waals surface area contributed by atoms with Crippen molar-refractivity contribution in [2.24, 2.45) is 0 Å². The van der Waals surface area contributed by atoms with Gasteiger partial charge in [0.1, 0.15) is 17.1 Å².